The second kappa shape index (κ2) is 4.61. The second-order valence-corrected chi connectivity index (χ2v) is 4.36. The largest absolute Gasteiger partial charge is 0.380 e. The predicted octanol–water partition coefficient (Wildman–Crippen LogP) is 1.65. The highest BCUT2D eigenvalue weighted by Gasteiger charge is 2.16. The maximum Gasteiger partial charge on any atom is 0.275 e. The number of amides is 1. The number of carbonyl (C=O) groups is 1. The van der Waals surface area contributed by atoms with Crippen molar-refractivity contribution < 1.29 is 9.53 Å². The first kappa shape index (κ1) is 11.1. The van der Waals surface area contributed by atoms with Gasteiger partial charge in [-0.3, -0.25) is 10.2 Å². The van der Waals surface area contributed by atoms with E-state index in [-0.39, 0.29) is 5.91 Å². The highest BCUT2D eigenvalue weighted by Crippen LogP contribution is 2.31. The Balaban J connectivity index is 2.62. The molecule has 84 valence electrons. The van der Waals surface area contributed by atoms with Crippen LogP contribution in [0.25, 0.3) is 10.1 Å². The van der Waals surface area contributed by atoms with Gasteiger partial charge in [0.25, 0.3) is 5.91 Å². The normalized spacial score (nSPS) is 10.6. The number of hydrogen-bond acceptors (Lipinski definition) is 4. The number of nitrogens with two attached hydrogens (primary N) is 1. The maximum atomic E-state index is 11.6. The summed E-state index contributed by atoms with van der Waals surface area (Å²) in [6.07, 6.45) is 0. The third kappa shape index (κ3) is 1.80. The van der Waals surface area contributed by atoms with Crippen LogP contribution in [0.15, 0.2) is 24.3 Å². The van der Waals surface area contributed by atoms with E-state index < -0.39 is 0 Å². The Morgan fingerprint density at radius 2 is 2.25 bits per heavy atom. The highest BCUT2D eigenvalue weighted by atomic mass is 32.1. The minimum Gasteiger partial charge on any atom is -0.380 e. The molecule has 1 heterocycles. The monoisotopic (exact) mass is 236 g/mol. The number of nitrogen functional groups attached to an aromatic ring is 1. The van der Waals surface area contributed by atoms with Crippen molar-refractivity contribution in [3.8, 4) is 0 Å². The fourth-order valence-electron chi connectivity index (χ4n) is 1.64. The highest BCUT2D eigenvalue weighted by molar-refractivity contribution is 7.21. The van der Waals surface area contributed by atoms with Crippen LogP contribution in [0, 0.1) is 0 Å². The summed E-state index contributed by atoms with van der Waals surface area (Å²) in [5, 5.41) is 1.05. The standard InChI is InChI=1S/C11H12N2O2S/c1-15-6-8-7-4-2-3-5-9(7)16-10(8)11(14)13-12/h2-5H,6,12H2,1H3,(H,13,14). The number of nitrogens with one attached hydrogen (secondary N) is 1. The maximum absolute atomic E-state index is 11.6. The van der Waals surface area contributed by atoms with Gasteiger partial charge in [-0.25, -0.2) is 5.84 Å². The molecular formula is C11H12N2O2S. The van der Waals surface area contributed by atoms with Crippen molar-refractivity contribution >= 4 is 27.3 Å². The van der Waals surface area contributed by atoms with Crippen LogP contribution >= 0.6 is 11.3 Å². The molecule has 1 aromatic heterocycles. The van der Waals surface area contributed by atoms with E-state index in [1.54, 1.807) is 7.11 Å². The van der Waals surface area contributed by atoms with E-state index in [0.717, 1.165) is 15.6 Å². The molecule has 3 N–H and O–H groups in total. The lowest BCUT2D eigenvalue weighted by Crippen LogP contribution is -2.30. The number of thiophene rings is 1. The SMILES string of the molecule is COCc1c(C(=O)NN)sc2ccccc12. The van der Waals surface area contributed by atoms with Crippen molar-refractivity contribution in [1.29, 1.82) is 0 Å². The number of ether oxygens (including phenoxy) is 1. The molecule has 1 aromatic carbocycles. The zero-order valence-corrected chi connectivity index (χ0v) is 9.64. The first-order chi connectivity index (χ1) is 7.77. The van der Waals surface area contributed by atoms with Crippen molar-refractivity contribution in [2.75, 3.05) is 7.11 Å². The molecule has 0 aliphatic rings. The van der Waals surface area contributed by atoms with Gasteiger partial charge in [0.1, 0.15) is 0 Å². The molecular weight excluding hydrogens is 224 g/mol. The van der Waals surface area contributed by atoms with Crippen LogP contribution in [0.3, 0.4) is 0 Å². The van der Waals surface area contributed by atoms with E-state index in [1.807, 2.05) is 24.3 Å². The Bertz CT molecular complexity index is 522. The van der Waals surface area contributed by atoms with Crippen LogP contribution < -0.4 is 11.3 Å². The van der Waals surface area contributed by atoms with Gasteiger partial charge in [-0.2, -0.15) is 0 Å². The molecule has 0 unspecified atom stereocenters. The quantitative estimate of drug-likeness (QED) is 0.484. The lowest BCUT2D eigenvalue weighted by atomic mass is 10.1. The smallest absolute Gasteiger partial charge is 0.275 e. The summed E-state index contributed by atoms with van der Waals surface area (Å²) in [7, 11) is 1.61. The summed E-state index contributed by atoms with van der Waals surface area (Å²) in [5.74, 6) is 4.89. The van der Waals surface area contributed by atoms with Crippen molar-refractivity contribution in [1.82, 2.24) is 5.43 Å². The minimum atomic E-state index is -0.270. The van der Waals surface area contributed by atoms with Gasteiger partial charge in [0, 0.05) is 17.4 Å². The zero-order chi connectivity index (χ0) is 11.5. The fourth-order valence-corrected chi connectivity index (χ4v) is 2.75. The Labute approximate surface area is 97.0 Å². The van der Waals surface area contributed by atoms with Crippen LogP contribution in [0.4, 0.5) is 0 Å². The zero-order valence-electron chi connectivity index (χ0n) is 8.82. The van der Waals surface area contributed by atoms with Crippen molar-refractivity contribution in [2.45, 2.75) is 6.61 Å². The summed E-state index contributed by atoms with van der Waals surface area (Å²) in [6.45, 7) is 0.409. The van der Waals surface area contributed by atoms with Crippen LogP contribution in [-0.2, 0) is 11.3 Å². The summed E-state index contributed by atoms with van der Waals surface area (Å²) in [4.78, 5) is 12.2. The first-order valence-electron chi connectivity index (χ1n) is 4.78. The average molecular weight is 236 g/mol. The van der Waals surface area contributed by atoms with E-state index in [9.17, 15) is 4.79 Å². The van der Waals surface area contributed by atoms with Crippen LogP contribution in [0.1, 0.15) is 15.2 Å². The van der Waals surface area contributed by atoms with E-state index in [0.29, 0.717) is 11.5 Å². The molecule has 0 saturated heterocycles. The Morgan fingerprint density at radius 1 is 1.50 bits per heavy atom. The predicted molar refractivity (Wildman–Crippen MR) is 64.2 cm³/mol. The molecule has 0 spiro atoms. The van der Waals surface area contributed by atoms with Crippen LogP contribution in [0.2, 0.25) is 0 Å². The summed E-state index contributed by atoms with van der Waals surface area (Å²) in [6, 6.07) is 7.85. The molecule has 16 heavy (non-hydrogen) atoms. The molecule has 5 heteroatoms. The van der Waals surface area contributed by atoms with Gasteiger partial charge in [-0.1, -0.05) is 18.2 Å². The number of rotatable bonds is 3. The van der Waals surface area contributed by atoms with Crippen molar-refractivity contribution in [3.05, 3.63) is 34.7 Å². The number of fused-ring (bicyclic) bond motifs is 1. The third-order valence-electron chi connectivity index (χ3n) is 2.32. The number of carbonyl (C=O) groups excluding carboxylic acids is 1. The molecule has 2 rings (SSSR count). The average Bonchev–Trinajstić information content (AvgIpc) is 2.68. The molecule has 0 radical (unpaired) electrons. The molecule has 0 atom stereocenters. The molecule has 0 saturated carbocycles. The van der Waals surface area contributed by atoms with Gasteiger partial charge < -0.3 is 4.74 Å². The molecule has 4 nitrogen and oxygen atoms in total. The fraction of sp³-hybridized carbons (Fsp3) is 0.182. The molecule has 0 fully saturated rings. The molecule has 0 aliphatic carbocycles. The molecule has 0 bridgehead atoms. The lowest BCUT2D eigenvalue weighted by Gasteiger charge is -2.01. The topological polar surface area (TPSA) is 64.3 Å². The van der Waals surface area contributed by atoms with E-state index in [4.69, 9.17) is 10.6 Å². The minimum absolute atomic E-state index is 0.270. The van der Waals surface area contributed by atoms with Crippen molar-refractivity contribution in [3.63, 3.8) is 0 Å². The number of benzene rings is 1. The van der Waals surface area contributed by atoms with Crippen LogP contribution in [0.5, 0.6) is 0 Å². The van der Waals surface area contributed by atoms with Gasteiger partial charge in [-0.05, 0) is 11.5 Å². The first-order valence-corrected chi connectivity index (χ1v) is 5.60. The molecule has 1 amide bonds. The van der Waals surface area contributed by atoms with Gasteiger partial charge in [0.15, 0.2) is 0 Å². The van der Waals surface area contributed by atoms with E-state index >= 15 is 0 Å². The summed E-state index contributed by atoms with van der Waals surface area (Å²) < 4.78 is 6.18. The van der Waals surface area contributed by atoms with E-state index in [1.165, 1.54) is 11.3 Å². The van der Waals surface area contributed by atoms with E-state index in [2.05, 4.69) is 5.43 Å². The second-order valence-electron chi connectivity index (χ2n) is 3.31. The molecule has 2 aromatic rings. The Morgan fingerprint density at radius 3 is 2.94 bits per heavy atom. The third-order valence-corrected chi connectivity index (χ3v) is 3.54. The van der Waals surface area contributed by atoms with Crippen LogP contribution in [-0.4, -0.2) is 13.0 Å². The summed E-state index contributed by atoms with van der Waals surface area (Å²) in [5.41, 5.74) is 3.05. The van der Waals surface area contributed by atoms with Crippen molar-refractivity contribution in [2.24, 2.45) is 5.84 Å². The number of methoxy groups -OCH3 is 1. The summed E-state index contributed by atoms with van der Waals surface area (Å²) >= 11 is 1.42. The van der Waals surface area contributed by atoms with Gasteiger partial charge >= 0.3 is 0 Å². The number of hydrazine groups is 1. The Kier molecular flexibility index (Phi) is 3.19. The van der Waals surface area contributed by atoms with Gasteiger partial charge in [0.05, 0.1) is 11.5 Å². The number of hydrogen-bond donors (Lipinski definition) is 2. The Hall–Kier alpha value is -1.43. The molecule has 0 aliphatic heterocycles. The van der Waals surface area contributed by atoms with Gasteiger partial charge in [-0.15, -0.1) is 11.3 Å². The van der Waals surface area contributed by atoms with Gasteiger partial charge in [0.2, 0.25) is 0 Å². The lowest BCUT2D eigenvalue weighted by molar-refractivity contribution is 0.0953.